The second-order valence-electron chi connectivity index (χ2n) is 5.49. The van der Waals surface area contributed by atoms with Gasteiger partial charge in [0.05, 0.1) is 11.3 Å². The summed E-state index contributed by atoms with van der Waals surface area (Å²) >= 11 is 0. The van der Waals surface area contributed by atoms with Gasteiger partial charge in [-0.1, -0.05) is 17.9 Å². The van der Waals surface area contributed by atoms with Crippen molar-refractivity contribution in [3.63, 3.8) is 0 Å². The first kappa shape index (κ1) is 14.8. The molecule has 0 radical (unpaired) electrons. The average Bonchev–Trinajstić information content (AvgIpc) is 3.30. The molecule has 0 aliphatic rings. The molecule has 0 amide bonds. The lowest BCUT2D eigenvalue weighted by Crippen LogP contribution is -2.06. The number of aromatic carboxylic acids is 1. The summed E-state index contributed by atoms with van der Waals surface area (Å²) in [5, 5.41) is 10.5. The van der Waals surface area contributed by atoms with Crippen molar-refractivity contribution in [1.82, 2.24) is 14.5 Å². The van der Waals surface area contributed by atoms with Crippen molar-refractivity contribution in [2.45, 2.75) is 0 Å². The molecule has 1 aromatic carbocycles. The summed E-state index contributed by atoms with van der Waals surface area (Å²) in [6.07, 6.45) is 7.14. The second kappa shape index (κ2) is 6.02. The van der Waals surface area contributed by atoms with Gasteiger partial charge in [0.25, 0.3) is 0 Å². The van der Waals surface area contributed by atoms with Gasteiger partial charge in [-0.25, -0.2) is 9.78 Å². The van der Waals surface area contributed by atoms with Crippen molar-refractivity contribution in [2.75, 3.05) is 0 Å². The molecule has 4 rings (SSSR count). The lowest BCUT2D eigenvalue weighted by molar-refractivity contribution is 0.0697. The first-order valence-electron chi connectivity index (χ1n) is 7.67. The molecular formula is C20H13N3O2. The minimum absolute atomic E-state index is 0.210. The number of rotatable bonds is 2. The molecule has 0 spiro atoms. The van der Waals surface area contributed by atoms with Crippen LogP contribution in [0.3, 0.4) is 0 Å². The number of hydrogen-bond donors (Lipinski definition) is 2. The van der Waals surface area contributed by atoms with Crippen LogP contribution in [0.5, 0.6) is 0 Å². The minimum atomic E-state index is -0.984. The second-order valence-corrected chi connectivity index (χ2v) is 5.49. The number of benzene rings is 1. The van der Waals surface area contributed by atoms with Gasteiger partial charge in [-0.05, 0) is 36.4 Å². The van der Waals surface area contributed by atoms with Gasteiger partial charge in [0, 0.05) is 41.3 Å². The number of nitrogens with zero attached hydrogens (tertiary/aromatic N) is 2. The molecule has 5 heteroatoms. The van der Waals surface area contributed by atoms with E-state index in [1.807, 2.05) is 36.5 Å². The zero-order chi connectivity index (χ0) is 17.2. The highest BCUT2D eigenvalue weighted by Gasteiger charge is 2.14. The molecule has 3 aromatic heterocycles. The van der Waals surface area contributed by atoms with E-state index >= 15 is 0 Å². The highest BCUT2D eigenvalue weighted by molar-refractivity contribution is 5.93. The Balaban J connectivity index is 1.83. The van der Waals surface area contributed by atoms with Crippen molar-refractivity contribution in [3.05, 3.63) is 83.9 Å². The van der Waals surface area contributed by atoms with Crippen molar-refractivity contribution in [2.24, 2.45) is 0 Å². The average molecular weight is 327 g/mol. The van der Waals surface area contributed by atoms with Gasteiger partial charge in [0.1, 0.15) is 5.65 Å². The minimum Gasteiger partial charge on any atom is -0.478 e. The Morgan fingerprint density at radius 1 is 1.12 bits per heavy atom. The Bertz CT molecular complexity index is 1130. The Kier molecular flexibility index (Phi) is 3.56. The Morgan fingerprint density at radius 2 is 1.96 bits per heavy atom. The van der Waals surface area contributed by atoms with Crippen LogP contribution in [0.2, 0.25) is 0 Å². The molecule has 0 aliphatic carbocycles. The number of fused-ring (bicyclic) bond motifs is 1. The van der Waals surface area contributed by atoms with Gasteiger partial charge in [-0.15, -0.1) is 0 Å². The molecule has 0 saturated heterocycles. The van der Waals surface area contributed by atoms with Gasteiger partial charge in [-0.2, -0.15) is 0 Å². The highest BCUT2D eigenvalue weighted by Crippen LogP contribution is 2.20. The molecule has 2 N–H and O–H groups in total. The van der Waals surface area contributed by atoms with Crippen LogP contribution in [0.4, 0.5) is 0 Å². The summed E-state index contributed by atoms with van der Waals surface area (Å²) in [5.41, 5.74) is 2.99. The molecule has 0 unspecified atom stereocenters. The normalized spacial score (nSPS) is 10.4. The van der Waals surface area contributed by atoms with E-state index in [9.17, 15) is 9.90 Å². The third-order valence-electron chi connectivity index (χ3n) is 3.87. The number of hydrogen-bond acceptors (Lipinski definition) is 2. The fourth-order valence-corrected chi connectivity index (χ4v) is 2.73. The van der Waals surface area contributed by atoms with Gasteiger partial charge < -0.3 is 14.7 Å². The molecule has 3 heterocycles. The van der Waals surface area contributed by atoms with E-state index in [0.717, 1.165) is 16.6 Å². The van der Waals surface area contributed by atoms with E-state index in [1.165, 1.54) is 0 Å². The van der Waals surface area contributed by atoms with Crippen LogP contribution >= 0.6 is 0 Å². The molecule has 25 heavy (non-hydrogen) atoms. The third-order valence-corrected chi connectivity index (χ3v) is 3.87. The number of aromatic nitrogens is 3. The largest absolute Gasteiger partial charge is 0.478 e. The number of pyridine rings is 1. The lowest BCUT2D eigenvalue weighted by atomic mass is 10.1. The smallest absolute Gasteiger partial charge is 0.337 e. The van der Waals surface area contributed by atoms with Crippen molar-refractivity contribution < 1.29 is 9.90 Å². The van der Waals surface area contributed by atoms with Crippen LogP contribution in [-0.2, 0) is 0 Å². The van der Waals surface area contributed by atoms with E-state index < -0.39 is 5.97 Å². The SMILES string of the molecule is O=C(O)c1cccc(C#Cc2cnc3[nH]ccc3c2)c1-n1cccc1. The van der Waals surface area contributed by atoms with E-state index in [-0.39, 0.29) is 5.56 Å². The van der Waals surface area contributed by atoms with Crippen LogP contribution in [0.1, 0.15) is 21.5 Å². The molecule has 120 valence electrons. The number of aromatic amines is 1. The fraction of sp³-hybridized carbons (Fsp3) is 0. The standard InChI is InChI=1S/C20H13N3O2/c24-20(25)17-5-3-4-15(18(17)23-10-1-2-11-23)7-6-14-12-16-8-9-21-19(16)22-13-14/h1-5,8-13H,(H,21,22)(H,24,25). The summed E-state index contributed by atoms with van der Waals surface area (Å²) in [7, 11) is 0. The molecular weight excluding hydrogens is 314 g/mol. The maximum Gasteiger partial charge on any atom is 0.337 e. The van der Waals surface area contributed by atoms with E-state index in [0.29, 0.717) is 11.3 Å². The van der Waals surface area contributed by atoms with Gasteiger partial charge in [-0.3, -0.25) is 0 Å². The van der Waals surface area contributed by atoms with E-state index in [1.54, 1.807) is 35.3 Å². The molecule has 0 fully saturated rings. The van der Waals surface area contributed by atoms with Gasteiger partial charge in [0.15, 0.2) is 0 Å². The zero-order valence-electron chi connectivity index (χ0n) is 13.1. The Morgan fingerprint density at radius 3 is 2.76 bits per heavy atom. The first-order chi connectivity index (χ1) is 12.2. The summed E-state index contributed by atoms with van der Waals surface area (Å²) in [6.45, 7) is 0. The molecule has 0 bridgehead atoms. The summed E-state index contributed by atoms with van der Waals surface area (Å²) < 4.78 is 1.76. The summed E-state index contributed by atoms with van der Waals surface area (Å²) in [6, 6.07) is 12.7. The molecule has 4 aromatic rings. The van der Waals surface area contributed by atoms with Crippen LogP contribution in [0.25, 0.3) is 16.7 Å². The van der Waals surface area contributed by atoms with Gasteiger partial charge >= 0.3 is 5.97 Å². The molecule has 0 atom stereocenters. The summed E-state index contributed by atoms with van der Waals surface area (Å²) in [4.78, 5) is 18.9. The Hall–Kier alpha value is -3.78. The van der Waals surface area contributed by atoms with Crippen molar-refractivity contribution in [1.29, 1.82) is 0 Å². The monoisotopic (exact) mass is 327 g/mol. The lowest BCUT2D eigenvalue weighted by Gasteiger charge is -2.10. The first-order valence-corrected chi connectivity index (χ1v) is 7.67. The molecule has 0 aliphatic heterocycles. The molecule has 0 saturated carbocycles. The summed E-state index contributed by atoms with van der Waals surface area (Å²) in [5.74, 6) is 5.18. The van der Waals surface area contributed by atoms with Crippen LogP contribution < -0.4 is 0 Å². The van der Waals surface area contributed by atoms with Crippen molar-refractivity contribution in [3.8, 4) is 17.5 Å². The van der Waals surface area contributed by atoms with Crippen LogP contribution in [0, 0.1) is 11.8 Å². The fourth-order valence-electron chi connectivity index (χ4n) is 2.73. The Labute approximate surface area is 143 Å². The third kappa shape index (κ3) is 2.77. The number of carboxylic acid groups (broad SMARTS) is 1. The van der Waals surface area contributed by atoms with Crippen LogP contribution in [-0.4, -0.2) is 25.6 Å². The van der Waals surface area contributed by atoms with Crippen molar-refractivity contribution >= 4 is 17.0 Å². The van der Waals surface area contributed by atoms with E-state index in [4.69, 9.17) is 0 Å². The van der Waals surface area contributed by atoms with Gasteiger partial charge in [0.2, 0.25) is 0 Å². The number of para-hydroxylation sites is 1. The number of nitrogens with one attached hydrogen (secondary N) is 1. The maximum absolute atomic E-state index is 11.6. The quantitative estimate of drug-likeness (QED) is 0.554. The predicted octanol–water partition coefficient (Wildman–Crippen LogP) is 3.45. The highest BCUT2D eigenvalue weighted by atomic mass is 16.4. The molecule has 5 nitrogen and oxygen atoms in total. The zero-order valence-corrected chi connectivity index (χ0v) is 13.1. The van der Waals surface area contributed by atoms with Crippen LogP contribution in [0.15, 0.2) is 67.3 Å². The van der Waals surface area contributed by atoms with E-state index in [2.05, 4.69) is 21.8 Å². The number of H-pyrrole nitrogens is 1. The number of carboxylic acids is 1. The predicted molar refractivity (Wildman–Crippen MR) is 94.8 cm³/mol. The topological polar surface area (TPSA) is 70.9 Å². The number of carbonyl (C=O) groups is 1. The maximum atomic E-state index is 11.6.